The summed E-state index contributed by atoms with van der Waals surface area (Å²) in [7, 11) is -4.64. The summed E-state index contributed by atoms with van der Waals surface area (Å²) in [6, 6.07) is -0.821. The molecule has 0 bridgehead atoms. The molecule has 0 aromatic rings. The SMILES string of the molecule is F.N=C(N)NCCCC(N)C(=O)O.O=P(O)(O)O. The van der Waals surface area contributed by atoms with Gasteiger partial charge in [0, 0.05) is 6.54 Å². The minimum Gasteiger partial charge on any atom is -0.480 e. The van der Waals surface area contributed by atoms with Crippen molar-refractivity contribution in [3.63, 3.8) is 0 Å². The van der Waals surface area contributed by atoms with Crippen molar-refractivity contribution >= 4 is 19.8 Å². The first-order chi connectivity index (χ1) is 7.54. The second kappa shape index (κ2) is 10.9. The molecule has 0 rings (SSSR count). The Morgan fingerprint density at radius 1 is 1.39 bits per heavy atom. The number of aliphatic carboxylic acids is 1. The molecule has 0 spiro atoms. The number of carboxylic acids is 1. The lowest BCUT2D eigenvalue weighted by molar-refractivity contribution is -0.138. The summed E-state index contributed by atoms with van der Waals surface area (Å²) < 4.78 is 8.88. The van der Waals surface area contributed by atoms with E-state index in [0.717, 1.165) is 0 Å². The van der Waals surface area contributed by atoms with E-state index in [4.69, 9.17) is 41.2 Å². The monoisotopic (exact) mass is 292 g/mol. The molecule has 18 heavy (non-hydrogen) atoms. The van der Waals surface area contributed by atoms with Crippen molar-refractivity contribution in [1.29, 1.82) is 5.41 Å². The van der Waals surface area contributed by atoms with Crippen LogP contribution in [0.1, 0.15) is 12.8 Å². The fourth-order valence-corrected chi connectivity index (χ4v) is 0.669. The number of carbonyl (C=O) groups is 1. The first-order valence-electron chi connectivity index (χ1n) is 4.38. The van der Waals surface area contributed by atoms with Gasteiger partial charge in [-0.25, -0.2) is 4.57 Å². The van der Waals surface area contributed by atoms with Crippen LogP contribution in [0, 0.1) is 5.41 Å². The van der Waals surface area contributed by atoms with E-state index in [1.54, 1.807) is 0 Å². The van der Waals surface area contributed by atoms with Crippen molar-refractivity contribution in [2.24, 2.45) is 11.5 Å². The van der Waals surface area contributed by atoms with Crippen molar-refractivity contribution in [2.75, 3.05) is 6.54 Å². The summed E-state index contributed by atoms with van der Waals surface area (Å²) in [4.78, 5) is 31.8. The zero-order valence-electron chi connectivity index (χ0n) is 9.31. The van der Waals surface area contributed by atoms with Gasteiger partial charge in [-0.3, -0.25) is 14.9 Å². The molecule has 0 saturated carbocycles. The smallest absolute Gasteiger partial charge is 0.466 e. The molecule has 0 heterocycles. The van der Waals surface area contributed by atoms with Gasteiger partial charge in [-0.2, -0.15) is 0 Å². The van der Waals surface area contributed by atoms with Gasteiger partial charge in [0.2, 0.25) is 0 Å². The van der Waals surface area contributed by atoms with E-state index in [9.17, 15) is 4.79 Å². The van der Waals surface area contributed by atoms with Gasteiger partial charge in [0.1, 0.15) is 6.04 Å². The number of phosphoric acid groups is 1. The molecule has 1 atom stereocenters. The number of guanidine groups is 1. The maximum absolute atomic E-state index is 10.2. The first kappa shape index (κ1) is 22.0. The van der Waals surface area contributed by atoms with Crippen molar-refractivity contribution in [1.82, 2.24) is 5.32 Å². The second-order valence-corrected chi connectivity index (χ2v) is 3.97. The third-order valence-electron chi connectivity index (χ3n) is 1.32. The molecular formula is C6H18FN4O6P. The summed E-state index contributed by atoms with van der Waals surface area (Å²) in [5, 5.41) is 17.7. The quantitative estimate of drug-likeness (QED) is 0.121. The average Bonchev–Trinajstić information content (AvgIpc) is 2.08. The van der Waals surface area contributed by atoms with Crippen LogP contribution in [0.15, 0.2) is 0 Å². The van der Waals surface area contributed by atoms with E-state index >= 15 is 0 Å². The summed E-state index contributed by atoms with van der Waals surface area (Å²) in [6.07, 6.45) is 0.975. The highest BCUT2D eigenvalue weighted by Crippen LogP contribution is 2.25. The number of hydrogen-bond acceptors (Lipinski definition) is 4. The Balaban J connectivity index is -0.000000321. The van der Waals surface area contributed by atoms with E-state index < -0.39 is 19.8 Å². The van der Waals surface area contributed by atoms with Crippen molar-refractivity contribution < 1.29 is 33.9 Å². The highest BCUT2D eigenvalue weighted by Gasteiger charge is 2.09. The van der Waals surface area contributed by atoms with Crippen LogP contribution in [0.25, 0.3) is 0 Å². The third-order valence-corrected chi connectivity index (χ3v) is 1.32. The van der Waals surface area contributed by atoms with Gasteiger partial charge in [-0.05, 0) is 12.8 Å². The molecule has 0 amide bonds. The Hall–Kier alpha value is -1.26. The van der Waals surface area contributed by atoms with Gasteiger partial charge in [0.15, 0.2) is 5.96 Å². The van der Waals surface area contributed by atoms with Gasteiger partial charge < -0.3 is 36.6 Å². The van der Waals surface area contributed by atoms with Crippen LogP contribution < -0.4 is 16.8 Å². The van der Waals surface area contributed by atoms with Crippen LogP contribution >= 0.6 is 7.82 Å². The Kier molecular flexibility index (Phi) is 13.3. The molecule has 10 nitrogen and oxygen atoms in total. The Bertz CT molecular complexity index is 290. The van der Waals surface area contributed by atoms with E-state index in [-0.39, 0.29) is 10.7 Å². The van der Waals surface area contributed by atoms with Crippen LogP contribution in [0.2, 0.25) is 0 Å². The maximum Gasteiger partial charge on any atom is 0.466 e. The minimum atomic E-state index is -4.64. The maximum atomic E-state index is 10.2. The van der Waals surface area contributed by atoms with Crippen LogP contribution in [0.5, 0.6) is 0 Å². The predicted molar refractivity (Wildman–Crippen MR) is 61.5 cm³/mol. The lowest BCUT2D eigenvalue weighted by Gasteiger charge is -2.06. The third kappa shape index (κ3) is 29.3. The molecule has 0 aliphatic carbocycles. The van der Waals surface area contributed by atoms with Crippen LogP contribution in [-0.4, -0.2) is 44.3 Å². The molecule has 12 heteroatoms. The largest absolute Gasteiger partial charge is 0.480 e. The van der Waals surface area contributed by atoms with E-state index in [0.29, 0.717) is 19.4 Å². The van der Waals surface area contributed by atoms with Gasteiger partial charge in [-0.1, -0.05) is 0 Å². The highest BCUT2D eigenvalue weighted by atomic mass is 31.2. The Morgan fingerprint density at radius 2 is 1.78 bits per heavy atom. The summed E-state index contributed by atoms with van der Waals surface area (Å²) in [5.41, 5.74) is 10.2. The van der Waals surface area contributed by atoms with Crippen molar-refractivity contribution in [2.45, 2.75) is 18.9 Å². The molecule has 0 aromatic carbocycles. The van der Waals surface area contributed by atoms with Crippen LogP contribution in [0.4, 0.5) is 4.70 Å². The van der Waals surface area contributed by atoms with Gasteiger partial charge in [0.25, 0.3) is 0 Å². The molecule has 0 radical (unpaired) electrons. The minimum absolute atomic E-state index is 0. The standard InChI is InChI=1S/C6H14N4O2.FH.H3O4P/c7-4(5(11)12)2-1-3-10-6(8)9;;1-5(2,3)4/h4H,1-3,7H2,(H,11,12)(H4,8,9,10);1H;(H3,1,2,3,4). The lowest BCUT2D eigenvalue weighted by atomic mass is 10.2. The summed E-state index contributed by atoms with van der Waals surface area (Å²) >= 11 is 0. The molecule has 0 fully saturated rings. The molecule has 10 N–H and O–H groups in total. The number of carboxylic acid groups (broad SMARTS) is 1. The zero-order chi connectivity index (χ0) is 14.1. The molecule has 0 aromatic heterocycles. The second-order valence-electron chi connectivity index (χ2n) is 2.94. The Labute approximate surface area is 102 Å². The fraction of sp³-hybridized carbons (Fsp3) is 0.667. The topological polar surface area (TPSA) is 203 Å². The summed E-state index contributed by atoms with van der Waals surface area (Å²) in [5.74, 6) is -1.11. The normalized spacial score (nSPS) is 11.3. The lowest BCUT2D eigenvalue weighted by Crippen LogP contribution is -2.34. The van der Waals surface area contributed by atoms with E-state index in [2.05, 4.69) is 5.32 Å². The van der Waals surface area contributed by atoms with E-state index in [1.165, 1.54) is 0 Å². The predicted octanol–water partition coefficient (Wildman–Crippen LogP) is -2.11. The summed E-state index contributed by atoms with van der Waals surface area (Å²) in [6.45, 7) is 0.482. The average molecular weight is 292 g/mol. The molecular weight excluding hydrogens is 274 g/mol. The van der Waals surface area contributed by atoms with Crippen molar-refractivity contribution in [3.8, 4) is 0 Å². The highest BCUT2D eigenvalue weighted by molar-refractivity contribution is 7.45. The number of halogens is 1. The molecule has 1 unspecified atom stereocenters. The van der Waals surface area contributed by atoms with Crippen LogP contribution in [0.3, 0.4) is 0 Å². The Morgan fingerprint density at radius 3 is 2.06 bits per heavy atom. The fourth-order valence-electron chi connectivity index (χ4n) is 0.669. The molecule has 0 saturated heterocycles. The van der Waals surface area contributed by atoms with Crippen LogP contribution in [-0.2, 0) is 9.36 Å². The molecule has 110 valence electrons. The number of rotatable bonds is 5. The number of nitrogens with two attached hydrogens (primary N) is 2. The zero-order valence-corrected chi connectivity index (χ0v) is 10.2. The number of hydrogen-bond donors (Lipinski definition) is 8. The van der Waals surface area contributed by atoms with Crippen molar-refractivity contribution in [3.05, 3.63) is 0 Å². The molecule has 0 aliphatic heterocycles. The molecule has 0 aliphatic rings. The van der Waals surface area contributed by atoms with Gasteiger partial charge in [-0.15, -0.1) is 0 Å². The van der Waals surface area contributed by atoms with Gasteiger partial charge >= 0.3 is 13.8 Å². The first-order valence-corrected chi connectivity index (χ1v) is 5.95. The van der Waals surface area contributed by atoms with Gasteiger partial charge in [0.05, 0.1) is 0 Å². The van der Waals surface area contributed by atoms with E-state index in [1.807, 2.05) is 0 Å². The number of nitrogens with one attached hydrogen (secondary N) is 2.